The molecule has 1 aromatic heterocycles. The lowest BCUT2D eigenvalue weighted by molar-refractivity contribution is -0.137. The maximum atomic E-state index is 13.0. The average molecular weight is 316 g/mol. The van der Waals surface area contributed by atoms with Crippen LogP contribution in [-0.4, -0.2) is 11.5 Å². The smallest absolute Gasteiger partial charge is 0.357 e. The van der Waals surface area contributed by atoms with E-state index in [4.69, 9.17) is 0 Å². The van der Waals surface area contributed by atoms with Crippen molar-refractivity contribution in [2.75, 3.05) is 6.54 Å². The highest BCUT2D eigenvalue weighted by atomic mass is 19.4. The largest absolute Gasteiger partial charge is 0.416 e. The van der Waals surface area contributed by atoms with Gasteiger partial charge in [-0.15, -0.1) is 0 Å². The molecule has 1 aliphatic heterocycles. The van der Waals surface area contributed by atoms with Gasteiger partial charge in [-0.1, -0.05) is 30.3 Å². The van der Waals surface area contributed by atoms with Crippen molar-refractivity contribution >= 4 is 10.9 Å². The van der Waals surface area contributed by atoms with E-state index in [1.165, 1.54) is 17.7 Å². The number of benzene rings is 2. The maximum Gasteiger partial charge on any atom is 0.416 e. The Hall–Kier alpha value is -2.27. The second-order valence-corrected chi connectivity index (χ2v) is 5.82. The molecule has 0 spiro atoms. The lowest BCUT2D eigenvalue weighted by Crippen LogP contribution is -2.30. The molecule has 23 heavy (non-hydrogen) atoms. The van der Waals surface area contributed by atoms with E-state index < -0.39 is 11.7 Å². The van der Waals surface area contributed by atoms with Crippen LogP contribution in [0.1, 0.15) is 28.4 Å². The van der Waals surface area contributed by atoms with Crippen LogP contribution in [0, 0.1) is 0 Å². The predicted molar refractivity (Wildman–Crippen MR) is 83.3 cm³/mol. The Kier molecular flexibility index (Phi) is 3.20. The highest BCUT2D eigenvalue weighted by molar-refractivity contribution is 5.85. The Balaban J connectivity index is 1.83. The van der Waals surface area contributed by atoms with Gasteiger partial charge in [-0.2, -0.15) is 13.2 Å². The number of nitrogens with one attached hydrogen (secondary N) is 2. The number of halogens is 3. The van der Waals surface area contributed by atoms with E-state index in [1.807, 2.05) is 18.2 Å². The van der Waals surface area contributed by atoms with Gasteiger partial charge >= 0.3 is 6.18 Å². The first-order valence-corrected chi connectivity index (χ1v) is 7.54. The Morgan fingerprint density at radius 2 is 1.83 bits per heavy atom. The van der Waals surface area contributed by atoms with Crippen molar-refractivity contribution in [1.82, 2.24) is 10.3 Å². The molecule has 0 bridgehead atoms. The number of rotatable bonds is 1. The predicted octanol–water partition coefficient (Wildman–Crippen LogP) is 4.42. The molecular formula is C18H15F3N2. The molecule has 2 nitrogen and oxygen atoms in total. The first-order chi connectivity index (χ1) is 11.0. The van der Waals surface area contributed by atoms with Gasteiger partial charge in [0.1, 0.15) is 0 Å². The minimum Gasteiger partial charge on any atom is -0.357 e. The summed E-state index contributed by atoms with van der Waals surface area (Å²) in [6, 6.07) is 13.3. The molecule has 1 unspecified atom stereocenters. The second kappa shape index (κ2) is 5.13. The summed E-state index contributed by atoms with van der Waals surface area (Å²) in [7, 11) is 0. The summed E-state index contributed by atoms with van der Waals surface area (Å²) in [4.78, 5) is 3.38. The molecule has 1 aliphatic rings. The van der Waals surface area contributed by atoms with Gasteiger partial charge < -0.3 is 10.3 Å². The van der Waals surface area contributed by atoms with Gasteiger partial charge in [-0.25, -0.2) is 0 Å². The number of hydrogen-bond acceptors (Lipinski definition) is 1. The van der Waals surface area contributed by atoms with Gasteiger partial charge in [0.25, 0.3) is 0 Å². The van der Waals surface area contributed by atoms with Crippen LogP contribution in [0.15, 0.2) is 48.5 Å². The fraction of sp³-hybridized carbons (Fsp3) is 0.222. The minimum atomic E-state index is -4.33. The Bertz CT molecular complexity index is 864. The molecule has 1 atom stereocenters. The molecule has 2 N–H and O–H groups in total. The molecule has 0 saturated heterocycles. The molecule has 2 aromatic carbocycles. The van der Waals surface area contributed by atoms with Gasteiger partial charge in [0.2, 0.25) is 0 Å². The standard InChI is InChI=1S/C18H15F3N2/c19-18(20,21)12-5-3-4-11(10-12)16-17-14(8-9-22-16)13-6-1-2-7-15(13)23-17/h1-7,10,16,22-23H,8-9H2. The van der Waals surface area contributed by atoms with E-state index in [-0.39, 0.29) is 6.04 Å². The van der Waals surface area contributed by atoms with Crippen molar-refractivity contribution < 1.29 is 13.2 Å². The van der Waals surface area contributed by atoms with E-state index in [0.717, 1.165) is 35.6 Å². The van der Waals surface area contributed by atoms with Crippen LogP contribution in [0.2, 0.25) is 0 Å². The van der Waals surface area contributed by atoms with Crippen molar-refractivity contribution in [2.45, 2.75) is 18.6 Å². The summed E-state index contributed by atoms with van der Waals surface area (Å²) in [5.74, 6) is 0. The average Bonchev–Trinajstić information content (AvgIpc) is 2.93. The summed E-state index contributed by atoms with van der Waals surface area (Å²) in [6.07, 6.45) is -3.46. The van der Waals surface area contributed by atoms with Crippen LogP contribution < -0.4 is 5.32 Å². The van der Waals surface area contributed by atoms with Gasteiger partial charge in [0, 0.05) is 23.1 Å². The minimum absolute atomic E-state index is 0.242. The van der Waals surface area contributed by atoms with E-state index in [0.29, 0.717) is 5.56 Å². The first kappa shape index (κ1) is 14.3. The van der Waals surface area contributed by atoms with E-state index >= 15 is 0 Å². The van der Waals surface area contributed by atoms with Crippen LogP contribution >= 0.6 is 0 Å². The summed E-state index contributed by atoms with van der Waals surface area (Å²) in [5.41, 5.74) is 3.21. The SMILES string of the molecule is FC(F)(F)c1cccc(C2NCCc3c2[nH]c2ccccc32)c1. The van der Waals surface area contributed by atoms with Crippen molar-refractivity contribution in [3.8, 4) is 0 Å². The summed E-state index contributed by atoms with van der Waals surface area (Å²) >= 11 is 0. The number of para-hydroxylation sites is 1. The molecule has 0 aliphatic carbocycles. The number of hydrogen-bond donors (Lipinski definition) is 2. The van der Waals surface area contributed by atoms with Gasteiger partial charge in [-0.3, -0.25) is 0 Å². The zero-order valence-electron chi connectivity index (χ0n) is 12.2. The third-order valence-corrected chi connectivity index (χ3v) is 4.41. The van der Waals surface area contributed by atoms with Crippen molar-refractivity contribution in [2.24, 2.45) is 0 Å². The fourth-order valence-corrected chi connectivity index (χ4v) is 3.36. The number of alkyl halides is 3. The van der Waals surface area contributed by atoms with Gasteiger partial charge in [0.05, 0.1) is 11.6 Å². The van der Waals surface area contributed by atoms with Crippen LogP contribution in [0.3, 0.4) is 0 Å². The summed E-state index contributed by atoms with van der Waals surface area (Å²) in [5, 5.41) is 4.49. The van der Waals surface area contributed by atoms with Gasteiger partial charge in [-0.05, 0) is 35.7 Å². The second-order valence-electron chi connectivity index (χ2n) is 5.82. The Morgan fingerprint density at radius 1 is 1.00 bits per heavy atom. The molecule has 4 rings (SSSR count). The van der Waals surface area contributed by atoms with Crippen LogP contribution in [0.5, 0.6) is 0 Å². The number of aromatic nitrogens is 1. The zero-order valence-corrected chi connectivity index (χ0v) is 12.2. The number of fused-ring (bicyclic) bond motifs is 3. The molecule has 3 aromatic rings. The van der Waals surface area contributed by atoms with Crippen LogP contribution in [0.4, 0.5) is 13.2 Å². The quantitative estimate of drug-likeness (QED) is 0.683. The molecular weight excluding hydrogens is 301 g/mol. The molecule has 0 fully saturated rings. The van der Waals surface area contributed by atoms with Crippen molar-refractivity contribution in [3.05, 3.63) is 70.9 Å². The number of H-pyrrole nitrogens is 1. The molecule has 0 saturated carbocycles. The lowest BCUT2D eigenvalue weighted by atomic mass is 9.93. The third-order valence-electron chi connectivity index (χ3n) is 4.41. The van der Waals surface area contributed by atoms with Crippen LogP contribution in [0.25, 0.3) is 10.9 Å². The van der Waals surface area contributed by atoms with Crippen molar-refractivity contribution in [3.63, 3.8) is 0 Å². The van der Waals surface area contributed by atoms with E-state index in [9.17, 15) is 13.2 Å². The third kappa shape index (κ3) is 2.41. The normalized spacial score (nSPS) is 18.1. The van der Waals surface area contributed by atoms with E-state index in [1.54, 1.807) is 6.07 Å². The fourth-order valence-electron chi connectivity index (χ4n) is 3.36. The Labute approximate surface area is 131 Å². The summed E-state index contributed by atoms with van der Waals surface area (Å²) in [6.45, 7) is 0.746. The molecule has 0 amide bonds. The topological polar surface area (TPSA) is 27.8 Å². The highest BCUT2D eigenvalue weighted by Gasteiger charge is 2.32. The van der Waals surface area contributed by atoms with Crippen LogP contribution in [-0.2, 0) is 12.6 Å². The van der Waals surface area contributed by atoms with Gasteiger partial charge in [0.15, 0.2) is 0 Å². The molecule has 0 radical (unpaired) electrons. The molecule has 5 heteroatoms. The maximum absolute atomic E-state index is 13.0. The zero-order chi connectivity index (χ0) is 16.0. The molecule has 118 valence electrons. The lowest BCUT2D eigenvalue weighted by Gasteiger charge is -2.25. The van der Waals surface area contributed by atoms with Crippen molar-refractivity contribution in [1.29, 1.82) is 0 Å². The highest BCUT2D eigenvalue weighted by Crippen LogP contribution is 2.36. The monoisotopic (exact) mass is 316 g/mol. The van der Waals surface area contributed by atoms with E-state index in [2.05, 4.69) is 16.4 Å². The summed E-state index contributed by atoms with van der Waals surface area (Å²) < 4.78 is 38.9. The molecule has 2 heterocycles. The number of aromatic amines is 1. The first-order valence-electron chi connectivity index (χ1n) is 7.54. The Morgan fingerprint density at radius 3 is 2.65 bits per heavy atom.